The molecule has 0 bridgehead atoms. The van der Waals surface area contributed by atoms with Crippen molar-refractivity contribution in [3.8, 4) is 0 Å². The van der Waals surface area contributed by atoms with Crippen LogP contribution in [0.5, 0.6) is 0 Å². The Bertz CT molecular complexity index is 531. The molecule has 1 nitrogen and oxygen atoms in total. The van der Waals surface area contributed by atoms with Gasteiger partial charge in [0.15, 0.2) is 0 Å². The van der Waals surface area contributed by atoms with Crippen LogP contribution in [0, 0.1) is 0 Å². The van der Waals surface area contributed by atoms with Gasteiger partial charge in [-0.3, -0.25) is 0 Å². The zero-order chi connectivity index (χ0) is 13.2. The zero-order valence-corrected chi connectivity index (χ0v) is 12.2. The fourth-order valence-corrected chi connectivity index (χ4v) is 3.49. The third kappa shape index (κ3) is 2.94. The molecule has 0 saturated carbocycles. The Morgan fingerprint density at radius 3 is 2.44 bits per heavy atom. The van der Waals surface area contributed by atoms with Gasteiger partial charge in [0, 0.05) is 26.8 Å². The Morgan fingerprint density at radius 2 is 1.83 bits per heavy atom. The van der Waals surface area contributed by atoms with Crippen LogP contribution in [0.3, 0.4) is 0 Å². The predicted octanol–water partition coefficient (Wildman–Crippen LogP) is 4.41. The van der Waals surface area contributed by atoms with Crippen molar-refractivity contribution in [1.82, 2.24) is 0 Å². The summed E-state index contributed by atoms with van der Waals surface area (Å²) in [5, 5.41) is 11.2. The summed E-state index contributed by atoms with van der Waals surface area (Å²) in [4.78, 5) is 2.54. The molecular formula is C15H17ClOS. The molecule has 0 saturated heterocycles. The molecule has 3 heteroatoms. The van der Waals surface area contributed by atoms with Crippen LogP contribution in [0.4, 0.5) is 0 Å². The Kier molecular flexibility index (Phi) is 4.10. The van der Waals surface area contributed by atoms with Crippen molar-refractivity contribution in [1.29, 1.82) is 0 Å². The van der Waals surface area contributed by atoms with E-state index in [1.54, 1.807) is 11.3 Å². The van der Waals surface area contributed by atoms with Crippen molar-refractivity contribution in [2.45, 2.75) is 32.3 Å². The number of hydrogen-bond acceptors (Lipinski definition) is 2. The van der Waals surface area contributed by atoms with Crippen molar-refractivity contribution < 1.29 is 5.11 Å². The maximum Gasteiger partial charge on any atom is 0.0930 e. The number of thiophene rings is 1. The topological polar surface area (TPSA) is 20.2 Å². The van der Waals surface area contributed by atoms with Gasteiger partial charge in [-0.15, -0.1) is 11.3 Å². The normalized spacial score (nSPS) is 14.4. The van der Waals surface area contributed by atoms with Crippen molar-refractivity contribution in [2.24, 2.45) is 0 Å². The molecule has 0 aliphatic carbocycles. The standard InChI is InChI=1S/C15H17ClOS/c1-3-11-8-9-12(18-11)10-15(2,17)13-6-4-5-7-14(13)16/h4-9,17H,3,10H2,1-2H3. The highest BCUT2D eigenvalue weighted by Gasteiger charge is 2.26. The maximum atomic E-state index is 10.6. The quantitative estimate of drug-likeness (QED) is 0.879. The van der Waals surface area contributed by atoms with E-state index < -0.39 is 5.60 Å². The molecule has 1 N–H and O–H groups in total. The molecule has 0 fully saturated rings. The minimum Gasteiger partial charge on any atom is -0.385 e. The Balaban J connectivity index is 2.24. The van der Waals surface area contributed by atoms with E-state index >= 15 is 0 Å². The number of aliphatic hydroxyl groups is 1. The van der Waals surface area contributed by atoms with E-state index in [4.69, 9.17) is 11.6 Å². The van der Waals surface area contributed by atoms with Crippen LogP contribution >= 0.6 is 22.9 Å². The maximum absolute atomic E-state index is 10.6. The number of rotatable bonds is 4. The third-order valence-electron chi connectivity index (χ3n) is 3.04. The van der Waals surface area contributed by atoms with Gasteiger partial charge in [-0.25, -0.2) is 0 Å². The van der Waals surface area contributed by atoms with Crippen LogP contribution in [0.25, 0.3) is 0 Å². The average molecular weight is 281 g/mol. The molecular weight excluding hydrogens is 264 g/mol. The summed E-state index contributed by atoms with van der Waals surface area (Å²) in [5.41, 5.74) is -0.132. The van der Waals surface area contributed by atoms with Crippen LogP contribution < -0.4 is 0 Å². The fourth-order valence-electron chi connectivity index (χ4n) is 2.04. The average Bonchev–Trinajstić information content (AvgIpc) is 2.76. The molecule has 0 amide bonds. The van der Waals surface area contributed by atoms with Crippen LogP contribution in [0.15, 0.2) is 36.4 Å². The lowest BCUT2D eigenvalue weighted by Gasteiger charge is -2.24. The lowest BCUT2D eigenvalue weighted by molar-refractivity contribution is 0.0586. The van der Waals surface area contributed by atoms with Crippen molar-refractivity contribution in [2.75, 3.05) is 0 Å². The second-order valence-corrected chi connectivity index (χ2v) is 6.31. The highest BCUT2D eigenvalue weighted by Crippen LogP contribution is 2.32. The van der Waals surface area contributed by atoms with Crippen LogP contribution in [0.2, 0.25) is 5.02 Å². The third-order valence-corrected chi connectivity index (χ3v) is 4.60. The molecule has 96 valence electrons. The minimum absolute atomic E-state index is 0.599. The van der Waals surface area contributed by atoms with Gasteiger partial charge in [-0.1, -0.05) is 36.7 Å². The summed E-state index contributed by atoms with van der Waals surface area (Å²) in [7, 11) is 0. The second kappa shape index (κ2) is 5.43. The van der Waals surface area contributed by atoms with Gasteiger partial charge in [0.05, 0.1) is 5.60 Å². The Labute approximate surface area is 117 Å². The molecule has 0 radical (unpaired) electrons. The van der Waals surface area contributed by atoms with Crippen LogP contribution in [-0.2, 0) is 18.4 Å². The summed E-state index contributed by atoms with van der Waals surface area (Å²) in [6.45, 7) is 3.96. The lowest BCUT2D eigenvalue weighted by Crippen LogP contribution is -2.24. The van der Waals surface area contributed by atoms with E-state index in [0.717, 1.165) is 12.0 Å². The van der Waals surface area contributed by atoms with Gasteiger partial charge >= 0.3 is 0 Å². The van der Waals surface area contributed by atoms with E-state index in [9.17, 15) is 5.11 Å². The van der Waals surface area contributed by atoms with Crippen molar-refractivity contribution in [3.05, 3.63) is 56.7 Å². The van der Waals surface area contributed by atoms with Crippen molar-refractivity contribution >= 4 is 22.9 Å². The molecule has 1 heterocycles. The molecule has 1 aromatic carbocycles. The van der Waals surface area contributed by atoms with Gasteiger partial charge in [0.2, 0.25) is 0 Å². The minimum atomic E-state index is -0.922. The van der Waals surface area contributed by atoms with Crippen molar-refractivity contribution in [3.63, 3.8) is 0 Å². The number of aryl methyl sites for hydroxylation is 1. The van der Waals surface area contributed by atoms with E-state index in [0.29, 0.717) is 11.4 Å². The van der Waals surface area contributed by atoms with E-state index in [-0.39, 0.29) is 0 Å². The molecule has 1 atom stereocenters. The van der Waals surface area contributed by atoms with Gasteiger partial charge in [-0.2, -0.15) is 0 Å². The molecule has 0 aliphatic rings. The first-order valence-electron chi connectivity index (χ1n) is 6.08. The monoisotopic (exact) mass is 280 g/mol. The SMILES string of the molecule is CCc1ccc(CC(C)(O)c2ccccc2Cl)s1. The molecule has 2 aromatic rings. The second-order valence-electron chi connectivity index (χ2n) is 4.65. The lowest BCUT2D eigenvalue weighted by atomic mass is 9.92. The molecule has 1 unspecified atom stereocenters. The first-order chi connectivity index (χ1) is 8.53. The summed E-state index contributed by atoms with van der Waals surface area (Å²) in [6, 6.07) is 11.7. The molecule has 2 rings (SSSR count). The summed E-state index contributed by atoms with van der Waals surface area (Å²) in [5.74, 6) is 0. The number of hydrogen-bond donors (Lipinski definition) is 1. The largest absolute Gasteiger partial charge is 0.385 e. The van der Waals surface area contributed by atoms with E-state index in [2.05, 4.69) is 19.1 Å². The number of halogens is 1. The molecule has 0 aliphatic heterocycles. The van der Waals surface area contributed by atoms with E-state index in [1.807, 2.05) is 31.2 Å². The number of benzene rings is 1. The van der Waals surface area contributed by atoms with Crippen LogP contribution in [-0.4, -0.2) is 5.11 Å². The molecule has 1 aromatic heterocycles. The summed E-state index contributed by atoms with van der Waals surface area (Å²) in [6.07, 6.45) is 1.64. The Hall–Kier alpha value is -0.830. The fraction of sp³-hybridized carbons (Fsp3) is 0.333. The first kappa shape index (κ1) is 13.6. The smallest absolute Gasteiger partial charge is 0.0930 e. The summed E-state index contributed by atoms with van der Waals surface area (Å²) < 4.78 is 0. The van der Waals surface area contributed by atoms with E-state index in [1.165, 1.54) is 9.75 Å². The molecule has 18 heavy (non-hydrogen) atoms. The first-order valence-corrected chi connectivity index (χ1v) is 7.27. The highest BCUT2D eigenvalue weighted by molar-refractivity contribution is 7.12. The van der Waals surface area contributed by atoms with Crippen LogP contribution in [0.1, 0.15) is 29.2 Å². The van der Waals surface area contributed by atoms with Gasteiger partial charge < -0.3 is 5.11 Å². The van der Waals surface area contributed by atoms with Gasteiger partial charge in [0.25, 0.3) is 0 Å². The predicted molar refractivity (Wildman–Crippen MR) is 78.4 cm³/mol. The zero-order valence-electron chi connectivity index (χ0n) is 10.6. The Morgan fingerprint density at radius 1 is 1.17 bits per heavy atom. The van der Waals surface area contributed by atoms with Gasteiger partial charge in [-0.05, 0) is 31.5 Å². The molecule has 0 spiro atoms. The summed E-state index contributed by atoms with van der Waals surface area (Å²) >= 11 is 7.91. The van der Waals surface area contributed by atoms with Gasteiger partial charge in [0.1, 0.15) is 0 Å². The highest BCUT2D eigenvalue weighted by atomic mass is 35.5.